The van der Waals surface area contributed by atoms with Crippen molar-refractivity contribution in [3.63, 3.8) is 0 Å². The molecule has 0 saturated carbocycles. The van der Waals surface area contributed by atoms with Gasteiger partial charge in [-0.05, 0) is 11.6 Å². The van der Waals surface area contributed by atoms with E-state index in [1.807, 2.05) is 54.6 Å². The zero-order chi connectivity index (χ0) is 16.9. The molecule has 3 aromatic rings. The molecule has 3 rings (SSSR count). The standard InChI is InChI=1S/C21H18O3/c1-23-17-13-18(15-9-5-3-6-10-15)20(19(14-17)24-2)21(22)16-11-7-4-8-12-16/h3-14H,1-2H3. The molecule has 3 heteroatoms. The summed E-state index contributed by atoms with van der Waals surface area (Å²) in [5, 5.41) is 0. The van der Waals surface area contributed by atoms with E-state index in [1.54, 1.807) is 32.4 Å². The van der Waals surface area contributed by atoms with Crippen LogP contribution in [0.3, 0.4) is 0 Å². The molecule has 0 atom stereocenters. The van der Waals surface area contributed by atoms with Crippen LogP contribution in [0.4, 0.5) is 0 Å². The van der Waals surface area contributed by atoms with Gasteiger partial charge in [-0.15, -0.1) is 0 Å². The first-order valence-corrected chi connectivity index (χ1v) is 7.65. The first-order valence-electron chi connectivity index (χ1n) is 7.65. The fourth-order valence-corrected chi connectivity index (χ4v) is 2.68. The summed E-state index contributed by atoms with van der Waals surface area (Å²) in [6.45, 7) is 0. The van der Waals surface area contributed by atoms with Crippen molar-refractivity contribution >= 4 is 5.78 Å². The Hall–Kier alpha value is -3.07. The summed E-state index contributed by atoms with van der Waals surface area (Å²) in [7, 11) is 3.16. The van der Waals surface area contributed by atoms with E-state index in [9.17, 15) is 4.79 Å². The molecular formula is C21H18O3. The normalized spacial score (nSPS) is 10.2. The Morgan fingerprint density at radius 2 is 1.42 bits per heavy atom. The van der Waals surface area contributed by atoms with Crippen molar-refractivity contribution in [3.8, 4) is 22.6 Å². The quantitative estimate of drug-likeness (QED) is 0.645. The van der Waals surface area contributed by atoms with Crippen LogP contribution in [-0.4, -0.2) is 20.0 Å². The molecule has 0 fully saturated rings. The van der Waals surface area contributed by atoms with Gasteiger partial charge in [-0.2, -0.15) is 0 Å². The fourth-order valence-electron chi connectivity index (χ4n) is 2.68. The third-order valence-electron chi connectivity index (χ3n) is 3.88. The summed E-state index contributed by atoms with van der Waals surface area (Å²) in [6, 6.07) is 22.6. The first kappa shape index (κ1) is 15.8. The Kier molecular flexibility index (Phi) is 4.62. The van der Waals surface area contributed by atoms with Crippen LogP contribution in [0, 0.1) is 0 Å². The zero-order valence-corrected chi connectivity index (χ0v) is 13.7. The number of benzene rings is 3. The van der Waals surface area contributed by atoms with E-state index < -0.39 is 0 Å². The van der Waals surface area contributed by atoms with Crippen LogP contribution >= 0.6 is 0 Å². The molecule has 0 spiro atoms. The molecule has 0 aliphatic heterocycles. The van der Waals surface area contributed by atoms with Gasteiger partial charge in [0.25, 0.3) is 0 Å². The highest BCUT2D eigenvalue weighted by molar-refractivity contribution is 6.14. The number of carbonyl (C=O) groups excluding carboxylic acids is 1. The number of hydrogen-bond acceptors (Lipinski definition) is 3. The average Bonchev–Trinajstić information content (AvgIpc) is 2.67. The summed E-state index contributed by atoms with van der Waals surface area (Å²) in [4.78, 5) is 13.1. The lowest BCUT2D eigenvalue weighted by molar-refractivity contribution is 0.103. The molecule has 0 bridgehead atoms. The number of hydrogen-bond donors (Lipinski definition) is 0. The van der Waals surface area contributed by atoms with Gasteiger partial charge in [0.2, 0.25) is 0 Å². The predicted molar refractivity (Wildman–Crippen MR) is 94.9 cm³/mol. The average molecular weight is 318 g/mol. The van der Waals surface area contributed by atoms with Crippen LogP contribution < -0.4 is 9.47 Å². The second-order valence-corrected chi connectivity index (χ2v) is 5.31. The summed E-state index contributed by atoms with van der Waals surface area (Å²) < 4.78 is 10.9. The van der Waals surface area contributed by atoms with Crippen LogP contribution in [0.15, 0.2) is 72.8 Å². The SMILES string of the molecule is COc1cc(OC)c(C(=O)c2ccccc2)c(-c2ccccc2)c1. The number of ether oxygens (including phenoxy) is 2. The fraction of sp³-hybridized carbons (Fsp3) is 0.0952. The Morgan fingerprint density at radius 3 is 2.00 bits per heavy atom. The van der Waals surface area contributed by atoms with Gasteiger partial charge in [-0.3, -0.25) is 4.79 Å². The van der Waals surface area contributed by atoms with E-state index in [1.165, 1.54) is 0 Å². The second kappa shape index (κ2) is 7.01. The van der Waals surface area contributed by atoms with Crippen molar-refractivity contribution < 1.29 is 14.3 Å². The van der Waals surface area contributed by atoms with Gasteiger partial charge in [0, 0.05) is 17.2 Å². The highest BCUT2D eigenvalue weighted by atomic mass is 16.5. The number of carbonyl (C=O) groups is 1. The van der Waals surface area contributed by atoms with Crippen molar-refractivity contribution in [1.29, 1.82) is 0 Å². The molecule has 0 aromatic heterocycles. The second-order valence-electron chi connectivity index (χ2n) is 5.31. The molecule has 3 nitrogen and oxygen atoms in total. The van der Waals surface area contributed by atoms with Gasteiger partial charge in [-0.25, -0.2) is 0 Å². The molecule has 0 aliphatic carbocycles. The smallest absolute Gasteiger partial charge is 0.197 e. The van der Waals surface area contributed by atoms with Crippen LogP contribution in [-0.2, 0) is 0 Å². The van der Waals surface area contributed by atoms with Crippen LogP contribution in [0.25, 0.3) is 11.1 Å². The van der Waals surface area contributed by atoms with E-state index in [0.717, 1.165) is 11.1 Å². The van der Waals surface area contributed by atoms with E-state index in [4.69, 9.17) is 9.47 Å². The maximum Gasteiger partial charge on any atom is 0.197 e. The van der Waals surface area contributed by atoms with Crippen molar-refractivity contribution in [2.45, 2.75) is 0 Å². The van der Waals surface area contributed by atoms with Crippen molar-refractivity contribution in [2.24, 2.45) is 0 Å². The molecule has 0 heterocycles. The molecule has 0 saturated heterocycles. The minimum absolute atomic E-state index is 0.0750. The number of rotatable bonds is 5. The monoisotopic (exact) mass is 318 g/mol. The zero-order valence-electron chi connectivity index (χ0n) is 13.7. The molecule has 0 radical (unpaired) electrons. The molecule has 0 unspecified atom stereocenters. The summed E-state index contributed by atoms with van der Waals surface area (Å²) in [5.74, 6) is 1.08. The molecule has 120 valence electrons. The number of methoxy groups -OCH3 is 2. The molecule has 24 heavy (non-hydrogen) atoms. The molecule has 0 amide bonds. The Bertz CT molecular complexity index is 840. The van der Waals surface area contributed by atoms with Crippen LogP contribution in [0.2, 0.25) is 0 Å². The van der Waals surface area contributed by atoms with E-state index in [-0.39, 0.29) is 5.78 Å². The van der Waals surface area contributed by atoms with Crippen molar-refractivity contribution in [1.82, 2.24) is 0 Å². The van der Waals surface area contributed by atoms with Crippen LogP contribution in [0.5, 0.6) is 11.5 Å². The molecule has 0 aliphatic rings. The van der Waals surface area contributed by atoms with Gasteiger partial charge >= 0.3 is 0 Å². The van der Waals surface area contributed by atoms with Crippen LogP contribution in [0.1, 0.15) is 15.9 Å². The Balaban J connectivity index is 2.25. The summed E-state index contributed by atoms with van der Waals surface area (Å²) in [5.41, 5.74) is 2.89. The Morgan fingerprint density at radius 1 is 0.792 bits per heavy atom. The van der Waals surface area contributed by atoms with Crippen molar-refractivity contribution in [3.05, 3.63) is 83.9 Å². The van der Waals surface area contributed by atoms with Gasteiger partial charge < -0.3 is 9.47 Å². The third-order valence-corrected chi connectivity index (χ3v) is 3.88. The minimum atomic E-state index is -0.0750. The van der Waals surface area contributed by atoms with E-state index >= 15 is 0 Å². The minimum Gasteiger partial charge on any atom is -0.497 e. The van der Waals surface area contributed by atoms with Gasteiger partial charge in [0.1, 0.15) is 11.5 Å². The lowest BCUT2D eigenvalue weighted by Crippen LogP contribution is -2.07. The third kappa shape index (κ3) is 3.01. The largest absolute Gasteiger partial charge is 0.497 e. The van der Waals surface area contributed by atoms with Gasteiger partial charge in [0.15, 0.2) is 5.78 Å². The summed E-state index contributed by atoms with van der Waals surface area (Å²) in [6.07, 6.45) is 0. The maximum atomic E-state index is 13.1. The summed E-state index contributed by atoms with van der Waals surface area (Å²) >= 11 is 0. The molecular weight excluding hydrogens is 300 g/mol. The van der Waals surface area contributed by atoms with Gasteiger partial charge in [-0.1, -0.05) is 60.7 Å². The number of ketones is 1. The van der Waals surface area contributed by atoms with E-state index in [0.29, 0.717) is 22.6 Å². The first-order chi connectivity index (χ1) is 11.7. The maximum absolute atomic E-state index is 13.1. The lowest BCUT2D eigenvalue weighted by Gasteiger charge is -2.15. The lowest BCUT2D eigenvalue weighted by atomic mass is 9.92. The molecule has 3 aromatic carbocycles. The highest BCUT2D eigenvalue weighted by Gasteiger charge is 2.21. The molecule has 0 N–H and O–H groups in total. The van der Waals surface area contributed by atoms with E-state index in [2.05, 4.69) is 0 Å². The highest BCUT2D eigenvalue weighted by Crippen LogP contribution is 2.36. The predicted octanol–water partition coefficient (Wildman–Crippen LogP) is 4.60. The Labute approximate surface area is 141 Å². The topological polar surface area (TPSA) is 35.5 Å². The van der Waals surface area contributed by atoms with Gasteiger partial charge in [0.05, 0.1) is 19.8 Å². The van der Waals surface area contributed by atoms with Crippen molar-refractivity contribution in [2.75, 3.05) is 14.2 Å².